The molecule has 0 fully saturated rings. The summed E-state index contributed by atoms with van der Waals surface area (Å²) in [5, 5.41) is 9.35. The van der Waals surface area contributed by atoms with E-state index in [0.717, 1.165) is 0 Å². The molecule has 2 aromatic rings. The molecule has 6 heteroatoms. The van der Waals surface area contributed by atoms with Gasteiger partial charge < -0.3 is 4.74 Å². The molecule has 0 aliphatic rings. The maximum Gasteiger partial charge on any atom is 0.161 e. The average molecular weight is 371 g/mol. The van der Waals surface area contributed by atoms with Crippen LogP contribution in [0.15, 0.2) is 34.8 Å². The molecule has 0 aromatic heterocycles. The van der Waals surface area contributed by atoms with Crippen LogP contribution in [0, 0.1) is 11.3 Å². The second-order valence-electron chi connectivity index (χ2n) is 3.73. The summed E-state index contributed by atoms with van der Waals surface area (Å²) in [6.45, 7) is 0. The zero-order valence-corrected chi connectivity index (χ0v) is 13.0. The van der Waals surface area contributed by atoms with Crippen molar-refractivity contribution >= 4 is 45.4 Å². The molecule has 0 saturated heterocycles. The summed E-state index contributed by atoms with van der Waals surface area (Å²) in [7, 11) is 0. The van der Waals surface area contributed by atoms with Gasteiger partial charge in [0.25, 0.3) is 0 Å². The first kappa shape index (κ1) is 14.9. The summed E-state index contributed by atoms with van der Waals surface area (Å²) in [5.74, 6) is 0.582. The largest absolute Gasteiger partial charge is 0.454 e. The van der Waals surface area contributed by atoms with Crippen LogP contribution in [0.2, 0.25) is 10.0 Å². The molecule has 100 valence electrons. The predicted molar refractivity (Wildman–Crippen MR) is 80.8 cm³/mol. The molecule has 2 rings (SSSR count). The molecule has 0 saturated carbocycles. The number of ether oxygens (including phenoxy) is 1. The van der Waals surface area contributed by atoms with Crippen molar-refractivity contribution in [1.82, 2.24) is 0 Å². The number of nitriles is 1. The molecular formula is C14H6BrCl2NO2. The van der Waals surface area contributed by atoms with Crippen LogP contribution >= 0.6 is 39.1 Å². The number of nitrogens with zero attached hydrogens (tertiary/aromatic N) is 1. The number of carbonyl (C=O) groups excluding carboxylic acids is 1. The number of carbonyl (C=O) groups is 1. The molecule has 0 spiro atoms. The molecule has 0 amide bonds. The zero-order valence-electron chi connectivity index (χ0n) is 9.86. The van der Waals surface area contributed by atoms with E-state index in [0.29, 0.717) is 22.1 Å². The molecule has 0 radical (unpaired) electrons. The molecule has 0 aliphatic heterocycles. The maximum atomic E-state index is 11.0. The first-order valence-electron chi connectivity index (χ1n) is 5.38. The molecule has 3 nitrogen and oxygen atoms in total. The van der Waals surface area contributed by atoms with E-state index in [1.807, 2.05) is 6.07 Å². The standard InChI is InChI=1S/C14H6BrCl2NO2/c15-10-5-11(16)9(6-18)13(17)14(10)20-12-4-2-1-3-8(12)7-19/h1-5,7H. The summed E-state index contributed by atoms with van der Waals surface area (Å²) in [6, 6.07) is 10.1. The van der Waals surface area contributed by atoms with Crippen molar-refractivity contribution in [2.24, 2.45) is 0 Å². The van der Waals surface area contributed by atoms with Gasteiger partial charge in [0.15, 0.2) is 12.0 Å². The summed E-state index contributed by atoms with van der Waals surface area (Å²) in [6.07, 6.45) is 0.679. The van der Waals surface area contributed by atoms with Gasteiger partial charge in [-0.15, -0.1) is 0 Å². The third-order valence-corrected chi connectivity index (χ3v) is 3.75. The highest BCUT2D eigenvalue weighted by Crippen LogP contribution is 2.42. The Balaban J connectivity index is 2.55. The second-order valence-corrected chi connectivity index (χ2v) is 5.37. The van der Waals surface area contributed by atoms with E-state index >= 15 is 0 Å². The number of benzene rings is 2. The van der Waals surface area contributed by atoms with Crippen molar-refractivity contribution < 1.29 is 9.53 Å². The highest BCUT2D eigenvalue weighted by atomic mass is 79.9. The van der Waals surface area contributed by atoms with Crippen molar-refractivity contribution in [3.63, 3.8) is 0 Å². The second kappa shape index (κ2) is 6.27. The van der Waals surface area contributed by atoms with Crippen molar-refractivity contribution in [2.75, 3.05) is 0 Å². The minimum atomic E-state index is 0.0903. The van der Waals surface area contributed by atoms with Crippen LogP contribution in [0.3, 0.4) is 0 Å². The van der Waals surface area contributed by atoms with Gasteiger partial charge in [0.2, 0.25) is 0 Å². The van der Waals surface area contributed by atoms with Gasteiger partial charge in [-0.05, 0) is 34.1 Å². The fraction of sp³-hybridized carbons (Fsp3) is 0. The van der Waals surface area contributed by atoms with Crippen LogP contribution in [-0.4, -0.2) is 6.29 Å². The average Bonchev–Trinajstić information content (AvgIpc) is 2.44. The lowest BCUT2D eigenvalue weighted by molar-refractivity contribution is 0.112. The molecule has 20 heavy (non-hydrogen) atoms. The van der Waals surface area contributed by atoms with Gasteiger partial charge in [0.05, 0.1) is 20.6 Å². The quantitative estimate of drug-likeness (QED) is 0.694. The Morgan fingerprint density at radius 3 is 2.65 bits per heavy atom. The Labute approximate surface area is 133 Å². The van der Waals surface area contributed by atoms with Gasteiger partial charge in [-0.3, -0.25) is 4.79 Å². The van der Waals surface area contributed by atoms with Crippen LogP contribution in [0.25, 0.3) is 0 Å². The third kappa shape index (κ3) is 2.80. The van der Waals surface area contributed by atoms with Gasteiger partial charge in [-0.25, -0.2) is 0 Å². The van der Waals surface area contributed by atoms with Gasteiger partial charge in [0, 0.05) is 0 Å². The number of aldehydes is 1. The van der Waals surface area contributed by atoms with Crippen molar-refractivity contribution in [3.8, 4) is 17.6 Å². The smallest absolute Gasteiger partial charge is 0.161 e. The fourth-order valence-corrected chi connectivity index (χ4v) is 2.88. The van der Waals surface area contributed by atoms with Crippen LogP contribution in [0.1, 0.15) is 15.9 Å². The van der Waals surface area contributed by atoms with Crippen molar-refractivity contribution in [2.45, 2.75) is 0 Å². The Bertz CT molecular complexity index is 726. The lowest BCUT2D eigenvalue weighted by atomic mass is 10.2. The van der Waals surface area contributed by atoms with E-state index in [4.69, 9.17) is 33.2 Å². The number of halogens is 3. The molecular weight excluding hydrogens is 365 g/mol. The molecule has 0 unspecified atom stereocenters. The van der Waals surface area contributed by atoms with Crippen molar-refractivity contribution in [3.05, 3.63) is 56.0 Å². The number of hydrogen-bond donors (Lipinski definition) is 0. The molecule has 2 aromatic carbocycles. The number of hydrogen-bond acceptors (Lipinski definition) is 3. The van der Waals surface area contributed by atoms with Gasteiger partial charge in [-0.2, -0.15) is 5.26 Å². The molecule has 0 N–H and O–H groups in total. The molecule has 0 heterocycles. The minimum absolute atomic E-state index is 0.0903. The zero-order chi connectivity index (χ0) is 14.7. The van der Waals surface area contributed by atoms with Gasteiger partial charge in [-0.1, -0.05) is 35.3 Å². The first-order valence-corrected chi connectivity index (χ1v) is 6.93. The SMILES string of the molecule is N#Cc1c(Cl)cc(Br)c(Oc2ccccc2C=O)c1Cl. The van der Waals surface area contributed by atoms with Gasteiger partial charge >= 0.3 is 0 Å². The van der Waals surface area contributed by atoms with Crippen LogP contribution in [0.4, 0.5) is 0 Å². The summed E-state index contributed by atoms with van der Waals surface area (Å²) >= 11 is 15.3. The predicted octanol–water partition coefficient (Wildman–Crippen LogP) is 5.23. The Hall–Kier alpha value is -1.54. The van der Waals surface area contributed by atoms with E-state index in [1.54, 1.807) is 24.3 Å². The monoisotopic (exact) mass is 369 g/mol. The highest BCUT2D eigenvalue weighted by molar-refractivity contribution is 9.10. The highest BCUT2D eigenvalue weighted by Gasteiger charge is 2.17. The number of para-hydroxylation sites is 1. The fourth-order valence-electron chi connectivity index (χ4n) is 1.55. The normalized spacial score (nSPS) is 9.90. The molecule has 0 bridgehead atoms. The maximum absolute atomic E-state index is 11.0. The summed E-state index contributed by atoms with van der Waals surface area (Å²) < 4.78 is 6.13. The molecule has 0 atom stereocenters. The van der Waals surface area contributed by atoms with Crippen LogP contribution in [0.5, 0.6) is 11.5 Å². The summed E-state index contributed by atoms with van der Waals surface area (Å²) in [5.41, 5.74) is 0.499. The minimum Gasteiger partial charge on any atom is -0.454 e. The lowest BCUT2D eigenvalue weighted by Gasteiger charge is -2.12. The molecule has 0 aliphatic carbocycles. The van der Waals surface area contributed by atoms with Gasteiger partial charge in [0.1, 0.15) is 16.8 Å². The lowest BCUT2D eigenvalue weighted by Crippen LogP contribution is -1.93. The summed E-state index contributed by atoms with van der Waals surface area (Å²) in [4.78, 5) is 11.0. The van der Waals surface area contributed by atoms with Crippen molar-refractivity contribution in [1.29, 1.82) is 5.26 Å². The van der Waals surface area contributed by atoms with E-state index in [1.165, 1.54) is 6.07 Å². The third-order valence-electron chi connectivity index (χ3n) is 2.50. The Kier molecular flexibility index (Phi) is 4.66. The van der Waals surface area contributed by atoms with E-state index in [9.17, 15) is 4.79 Å². The number of rotatable bonds is 3. The Morgan fingerprint density at radius 1 is 1.30 bits per heavy atom. The Morgan fingerprint density at radius 2 is 2.00 bits per heavy atom. The first-order chi connectivity index (χ1) is 9.58. The topological polar surface area (TPSA) is 50.1 Å². The van der Waals surface area contributed by atoms with E-state index in [-0.39, 0.29) is 21.4 Å². The van der Waals surface area contributed by atoms with E-state index < -0.39 is 0 Å². The van der Waals surface area contributed by atoms with Crippen LogP contribution < -0.4 is 4.74 Å². The van der Waals surface area contributed by atoms with Crippen LogP contribution in [-0.2, 0) is 0 Å². The van der Waals surface area contributed by atoms with E-state index in [2.05, 4.69) is 15.9 Å².